The molecule has 8 heteroatoms. The summed E-state index contributed by atoms with van der Waals surface area (Å²) in [6, 6.07) is 6.84. The number of aliphatic imine (C=N–C) groups is 1. The van der Waals surface area contributed by atoms with Gasteiger partial charge < -0.3 is 25.0 Å². The minimum atomic E-state index is 0. The second-order valence-corrected chi connectivity index (χ2v) is 8.61. The Morgan fingerprint density at radius 3 is 2.66 bits per heavy atom. The van der Waals surface area contributed by atoms with E-state index in [1.807, 2.05) is 0 Å². The van der Waals surface area contributed by atoms with Crippen LogP contribution < -0.4 is 15.4 Å². The molecule has 2 N–H and O–H groups in total. The normalized spacial score (nSPS) is 21.1. The number of aryl methyl sites for hydroxylation is 1. The highest BCUT2D eigenvalue weighted by Crippen LogP contribution is 2.24. The van der Waals surface area contributed by atoms with Crippen molar-refractivity contribution in [2.45, 2.75) is 52.8 Å². The van der Waals surface area contributed by atoms with Crippen LogP contribution in [0.15, 0.2) is 23.2 Å². The predicted octanol–water partition coefficient (Wildman–Crippen LogP) is 2.86. The smallest absolute Gasteiger partial charge is 0.191 e. The van der Waals surface area contributed by atoms with Crippen molar-refractivity contribution >= 4 is 29.9 Å². The van der Waals surface area contributed by atoms with Crippen molar-refractivity contribution in [1.29, 1.82) is 0 Å². The van der Waals surface area contributed by atoms with Crippen molar-refractivity contribution in [3.05, 3.63) is 29.3 Å². The molecule has 2 unspecified atom stereocenters. The lowest BCUT2D eigenvalue weighted by Crippen LogP contribution is -2.53. The fourth-order valence-electron chi connectivity index (χ4n) is 4.09. The number of likely N-dealkylation sites (N-methyl/N-ethyl adjacent to an activating group) is 1. The molecule has 0 aromatic heterocycles. The number of nitrogens with zero attached hydrogens (tertiary/aromatic N) is 3. The zero-order chi connectivity index (χ0) is 22.1. The maximum Gasteiger partial charge on any atom is 0.191 e. The first-order valence-corrected chi connectivity index (χ1v) is 11.9. The number of piperazine rings is 1. The van der Waals surface area contributed by atoms with Crippen LogP contribution in [-0.4, -0.2) is 86.9 Å². The third kappa shape index (κ3) is 8.35. The minimum absolute atomic E-state index is 0. The van der Waals surface area contributed by atoms with E-state index in [9.17, 15) is 0 Å². The van der Waals surface area contributed by atoms with Crippen LogP contribution in [0, 0.1) is 6.92 Å². The van der Waals surface area contributed by atoms with Gasteiger partial charge in [-0.2, -0.15) is 0 Å². The summed E-state index contributed by atoms with van der Waals surface area (Å²) in [5.41, 5.74) is 2.31. The van der Waals surface area contributed by atoms with Crippen molar-refractivity contribution < 1.29 is 9.47 Å². The van der Waals surface area contributed by atoms with Gasteiger partial charge in [0, 0.05) is 57.3 Å². The molecular weight excluding hydrogens is 517 g/mol. The largest absolute Gasteiger partial charge is 0.488 e. The number of hydrogen-bond acceptors (Lipinski definition) is 5. The highest BCUT2D eigenvalue weighted by atomic mass is 127. The van der Waals surface area contributed by atoms with Crippen LogP contribution in [0.5, 0.6) is 5.75 Å². The molecule has 32 heavy (non-hydrogen) atoms. The van der Waals surface area contributed by atoms with Crippen LogP contribution in [0.2, 0.25) is 0 Å². The second kappa shape index (κ2) is 14.2. The van der Waals surface area contributed by atoms with E-state index in [0.29, 0.717) is 19.2 Å². The van der Waals surface area contributed by atoms with Gasteiger partial charge in [-0.15, -0.1) is 24.0 Å². The van der Waals surface area contributed by atoms with Gasteiger partial charge in [0.05, 0.1) is 19.8 Å². The summed E-state index contributed by atoms with van der Waals surface area (Å²) >= 11 is 0. The van der Waals surface area contributed by atoms with E-state index >= 15 is 0 Å². The van der Waals surface area contributed by atoms with E-state index in [1.165, 1.54) is 5.56 Å². The molecule has 2 saturated heterocycles. The summed E-state index contributed by atoms with van der Waals surface area (Å²) in [6.45, 7) is 18.3. The lowest BCUT2D eigenvalue weighted by molar-refractivity contribution is 0.107. The lowest BCUT2D eigenvalue weighted by Gasteiger charge is -2.37. The molecule has 0 spiro atoms. The molecule has 2 atom stereocenters. The maximum absolute atomic E-state index is 6.23. The Morgan fingerprint density at radius 2 is 2.00 bits per heavy atom. The van der Waals surface area contributed by atoms with Crippen LogP contribution in [0.1, 0.15) is 38.3 Å². The first-order chi connectivity index (χ1) is 15.1. The molecule has 7 nitrogen and oxygen atoms in total. The van der Waals surface area contributed by atoms with E-state index in [2.05, 4.69) is 66.3 Å². The van der Waals surface area contributed by atoms with Gasteiger partial charge in [0.1, 0.15) is 11.9 Å². The number of ether oxygens (including phenoxy) is 2. The Morgan fingerprint density at radius 1 is 1.22 bits per heavy atom. The molecule has 2 fully saturated rings. The van der Waals surface area contributed by atoms with E-state index in [-0.39, 0.29) is 30.1 Å². The third-order valence-corrected chi connectivity index (χ3v) is 6.20. The van der Waals surface area contributed by atoms with Crippen LogP contribution in [0.4, 0.5) is 0 Å². The zero-order valence-corrected chi connectivity index (χ0v) is 22.6. The number of benzene rings is 1. The van der Waals surface area contributed by atoms with Gasteiger partial charge in [0.15, 0.2) is 5.96 Å². The highest BCUT2D eigenvalue weighted by Gasteiger charge is 2.21. The molecule has 3 rings (SSSR count). The van der Waals surface area contributed by atoms with Gasteiger partial charge in [0.25, 0.3) is 0 Å². The van der Waals surface area contributed by atoms with Crippen LogP contribution in [0.25, 0.3) is 0 Å². The lowest BCUT2D eigenvalue weighted by atomic mass is 10.1. The maximum atomic E-state index is 6.23. The zero-order valence-electron chi connectivity index (χ0n) is 20.2. The fraction of sp³-hybridized carbons (Fsp3) is 0.708. The van der Waals surface area contributed by atoms with Gasteiger partial charge in [-0.25, -0.2) is 4.99 Å². The molecule has 1 aromatic carbocycles. The monoisotopic (exact) mass is 559 g/mol. The summed E-state index contributed by atoms with van der Waals surface area (Å²) in [6.07, 6.45) is 1.09. The summed E-state index contributed by atoms with van der Waals surface area (Å²) in [4.78, 5) is 9.93. The summed E-state index contributed by atoms with van der Waals surface area (Å²) in [5, 5.41) is 6.92. The quantitative estimate of drug-likeness (QED) is 0.276. The SMILES string of the molecule is CCNC(=NCc1ccc(C)cc1OC1CCOC1)NCC(C)N1CCN(CC)CC1.I. The third-order valence-electron chi connectivity index (χ3n) is 6.20. The van der Waals surface area contributed by atoms with E-state index < -0.39 is 0 Å². The van der Waals surface area contributed by atoms with E-state index in [4.69, 9.17) is 14.5 Å². The number of halogens is 1. The molecule has 0 bridgehead atoms. The van der Waals surface area contributed by atoms with Crippen LogP contribution in [-0.2, 0) is 11.3 Å². The number of rotatable bonds is 9. The summed E-state index contributed by atoms with van der Waals surface area (Å²) in [7, 11) is 0. The van der Waals surface area contributed by atoms with Gasteiger partial charge in [-0.3, -0.25) is 4.90 Å². The topological polar surface area (TPSA) is 61.4 Å². The van der Waals surface area contributed by atoms with Crippen molar-refractivity contribution in [3.8, 4) is 5.75 Å². The summed E-state index contributed by atoms with van der Waals surface area (Å²) in [5.74, 6) is 1.79. The first-order valence-electron chi connectivity index (χ1n) is 11.9. The van der Waals surface area contributed by atoms with Crippen molar-refractivity contribution in [2.24, 2.45) is 4.99 Å². The molecule has 2 aliphatic rings. The summed E-state index contributed by atoms with van der Waals surface area (Å²) < 4.78 is 11.7. The molecule has 2 heterocycles. The first kappa shape index (κ1) is 27.1. The van der Waals surface area contributed by atoms with Gasteiger partial charge >= 0.3 is 0 Å². The Kier molecular flexibility index (Phi) is 12.1. The van der Waals surface area contributed by atoms with Crippen molar-refractivity contribution in [2.75, 3.05) is 59.0 Å². The van der Waals surface area contributed by atoms with Crippen LogP contribution in [0.3, 0.4) is 0 Å². The molecule has 0 amide bonds. The molecule has 0 saturated carbocycles. The Bertz CT molecular complexity index is 704. The Labute approximate surface area is 211 Å². The average Bonchev–Trinajstić information content (AvgIpc) is 3.29. The Hall–Kier alpha value is -1.10. The number of hydrogen-bond donors (Lipinski definition) is 2. The van der Waals surface area contributed by atoms with Crippen molar-refractivity contribution in [3.63, 3.8) is 0 Å². The van der Waals surface area contributed by atoms with Crippen LogP contribution >= 0.6 is 24.0 Å². The van der Waals surface area contributed by atoms with Gasteiger partial charge in [-0.1, -0.05) is 19.1 Å². The van der Waals surface area contributed by atoms with E-state index in [1.54, 1.807) is 0 Å². The molecule has 2 aliphatic heterocycles. The number of nitrogens with one attached hydrogen (secondary N) is 2. The average molecular weight is 560 g/mol. The Balaban J connectivity index is 0.00000363. The minimum Gasteiger partial charge on any atom is -0.488 e. The molecule has 1 aromatic rings. The standard InChI is InChI=1S/C24H41N5O2.HI/c1-5-25-24(26-16-20(4)29-12-10-28(6-2)11-13-29)27-17-21-8-7-19(3)15-23(21)31-22-9-14-30-18-22;/h7-8,15,20,22H,5-6,9-14,16-18H2,1-4H3,(H2,25,26,27);1H. The van der Waals surface area contributed by atoms with Gasteiger partial charge in [-0.05, 0) is 38.9 Å². The molecular formula is C24H42IN5O2. The predicted molar refractivity (Wildman–Crippen MR) is 142 cm³/mol. The highest BCUT2D eigenvalue weighted by molar-refractivity contribution is 14.0. The molecule has 0 aliphatic carbocycles. The molecule has 0 radical (unpaired) electrons. The second-order valence-electron chi connectivity index (χ2n) is 8.61. The van der Waals surface area contributed by atoms with Crippen molar-refractivity contribution in [1.82, 2.24) is 20.4 Å². The van der Waals surface area contributed by atoms with E-state index in [0.717, 1.165) is 76.1 Å². The molecule has 182 valence electrons. The van der Waals surface area contributed by atoms with Gasteiger partial charge in [0.2, 0.25) is 0 Å². The fourth-order valence-corrected chi connectivity index (χ4v) is 4.09. The number of guanidine groups is 1.